The maximum Gasteiger partial charge on any atom is 0.119 e. The second-order valence-corrected chi connectivity index (χ2v) is 4.02. The lowest BCUT2D eigenvalue weighted by atomic mass is 10.0. The van der Waals surface area contributed by atoms with Crippen LogP contribution in [0.4, 0.5) is 0 Å². The van der Waals surface area contributed by atoms with E-state index in [-0.39, 0.29) is 11.7 Å². The molecule has 18 heavy (non-hydrogen) atoms. The van der Waals surface area contributed by atoms with Gasteiger partial charge in [0.15, 0.2) is 0 Å². The van der Waals surface area contributed by atoms with Crippen molar-refractivity contribution in [3.05, 3.63) is 54.4 Å². The van der Waals surface area contributed by atoms with Gasteiger partial charge in [0.05, 0.1) is 6.61 Å². The second kappa shape index (κ2) is 6.02. The van der Waals surface area contributed by atoms with Gasteiger partial charge >= 0.3 is 0 Å². The molecule has 0 amide bonds. The summed E-state index contributed by atoms with van der Waals surface area (Å²) in [6.07, 6.45) is 3.54. The fourth-order valence-corrected chi connectivity index (χ4v) is 1.66. The minimum atomic E-state index is 0.118. The molecule has 0 bridgehead atoms. The first-order valence-corrected chi connectivity index (χ1v) is 5.81. The van der Waals surface area contributed by atoms with Crippen molar-refractivity contribution >= 4 is 0 Å². The molecule has 4 heteroatoms. The van der Waals surface area contributed by atoms with E-state index < -0.39 is 0 Å². The number of phenols is 1. The van der Waals surface area contributed by atoms with Crippen LogP contribution in [0.5, 0.6) is 11.5 Å². The predicted molar refractivity (Wildman–Crippen MR) is 69.6 cm³/mol. The number of aromatic hydroxyl groups is 1. The monoisotopic (exact) mass is 244 g/mol. The third-order valence-corrected chi connectivity index (χ3v) is 2.73. The van der Waals surface area contributed by atoms with E-state index >= 15 is 0 Å². The van der Waals surface area contributed by atoms with Crippen molar-refractivity contribution in [3.63, 3.8) is 0 Å². The van der Waals surface area contributed by atoms with E-state index in [0.29, 0.717) is 13.2 Å². The average Bonchev–Trinajstić information content (AvgIpc) is 2.43. The Bertz CT molecular complexity index is 471. The number of hydrogen-bond donors (Lipinski definition) is 2. The first-order chi connectivity index (χ1) is 8.79. The van der Waals surface area contributed by atoms with Gasteiger partial charge in [-0.15, -0.1) is 0 Å². The molecule has 1 aromatic carbocycles. The molecular weight excluding hydrogens is 228 g/mol. The van der Waals surface area contributed by atoms with E-state index in [1.54, 1.807) is 36.7 Å². The minimum absolute atomic E-state index is 0.118. The van der Waals surface area contributed by atoms with Crippen molar-refractivity contribution in [2.24, 2.45) is 5.73 Å². The molecule has 0 aliphatic heterocycles. The van der Waals surface area contributed by atoms with Crippen LogP contribution in [-0.2, 0) is 0 Å². The zero-order chi connectivity index (χ0) is 12.8. The van der Waals surface area contributed by atoms with Crippen molar-refractivity contribution in [2.45, 2.75) is 5.92 Å². The lowest BCUT2D eigenvalue weighted by Gasteiger charge is -2.15. The van der Waals surface area contributed by atoms with Gasteiger partial charge in [0.25, 0.3) is 0 Å². The first kappa shape index (κ1) is 12.4. The largest absolute Gasteiger partial charge is 0.508 e. The van der Waals surface area contributed by atoms with Crippen molar-refractivity contribution in [1.29, 1.82) is 0 Å². The topological polar surface area (TPSA) is 68.4 Å². The lowest BCUT2D eigenvalue weighted by molar-refractivity contribution is 0.289. The molecule has 1 unspecified atom stereocenters. The smallest absolute Gasteiger partial charge is 0.119 e. The Morgan fingerprint density at radius 1 is 1.22 bits per heavy atom. The van der Waals surface area contributed by atoms with Crippen LogP contribution in [-0.4, -0.2) is 23.2 Å². The van der Waals surface area contributed by atoms with Gasteiger partial charge in [-0.25, -0.2) is 0 Å². The summed E-state index contributed by atoms with van der Waals surface area (Å²) in [6.45, 7) is 0.997. The number of phenolic OH excluding ortho intramolecular Hbond substituents is 1. The van der Waals surface area contributed by atoms with Crippen LogP contribution < -0.4 is 10.5 Å². The summed E-state index contributed by atoms with van der Waals surface area (Å²) in [4.78, 5) is 4.08. The molecule has 2 rings (SSSR count). The van der Waals surface area contributed by atoms with Gasteiger partial charge in [0, 0.05) is 24.9 Å². The lowest BCUT2D eigenvalue weighted by Crippen LogP contribution is -2.19. The highest BCUT2D eigenvalue weighted by Gasteiger charge is 2.10. The number of nitrogens with zero attached hydrogens (tertiary/aromatic N) is 1. The Hall–Kier alpha value is -2.07. The van der Waals surface area contributed by atoms with Gasteiger partial charge < -0.3 is 15.6 Å². The van der Waals surface area contributed by atoms with Crippen LogP contribution in [0, 0.1) is 0 Å². The molecule has 1 atom stereocenters. The molecule has 4 nitrogen and oxygen atoms in total. The second-order valence-electron chi connectivity index (χ2n) is 4.02. The van der Waals surface area contributed by atoms with Gasteiger partial charge in [0.1, 0.15) is 11.5 Å². The molecule has 0 aliphatic rings. The molecule has 0 aliphatic carbocycles. The standard InChI is InChI=1S/C14H16N2O2/c15-8-12(11-2-1-7-16-9-11)10-18-14-5-3-13(17)4-6-14/h1-7,9,12,17H,8,10,15H2. The molecule has 3 N–H and O–H groups in total. The zero-order valence-corrected chi connectivity index (χ0v) is 9.99. The molecule has 0 radical (unpaired) electrons. The van der Waals surface area contributed by atoms with Crippen molar-refractivity contribution in [1.82, 2.24) is 4.98 Å². The van der Waals surface area contributed by atoms with Crippen LogP contribution in [0.25, 0.3) is 0 Å². The molecular formula is C14H16N2O2. The first-order valence-electron chi connectivity index (χ1n) is 5.81. The highest BCUT2D eigenvalue weighted by Crippen LogP contribution is 2.19. The summed E-state index contributed by atoms with van der Waals surface area (Å²) < 4.78 is 5.65. The Morgan fingerprint density at radius 2 is 2.00 bits per heavy atom. The number of pyridine rings is 1. The summed E-state index contributed by atoms with van der Waals surface area (Å²) in [5, 5.41) is 9.17. The zero-order valence-electron chi connectivity index (χ0n) is 9.99. The predicted octanol–water partition coefficient (Wildman–Crippen LogP) is 1.91. The number of ether oxygens (including phenoxy) is 1. The third kappa shape index (κ3) is 3.21. The summed E-state index contributed by atoms with van der Waals surface area (Å²) in [5.74, 6) is 1.06. The van der Waals surface area contributed by atoms with Gasteiger partial charge in [0.2, 0.25) is 0 Å². The van der Waals surface area contributed by atoms with Gasteiger partial charge in [-0.05, 0) is 35.9 Å². The molecule has 0 saturated carbocycles. The Labute approximate surface area is 106 Å². The number of aromatic nitrogens is 1. The molecule has 0 fully saturated rings. The molecule has 0 saturated heterocycles. The van der Waals surface area contributed by atoms with Crippen LogP contribution in [0.3, 0.4) is 0 Å². The average molecular weight is 244 g/mol. The van der Waals surface area contributed by atoms with Crippen LogP contribution >= 0.6 is 0 Å². The maximum absolute atomic E-state index is 9.17. The molecule has 1 heterocycles. The van der Waals surface area contributed by atoms with Crippen LogP contribution in [0.1, 0.15) is 11.5 Å². The molecule has 2 aromatic rings. The van der Waals surface area contributed by atoms with E-state index in [1.165, 1.54) is 0 Å². The fourth-order valence-electron chi connectivity index (χ4n) is 1.66. The molecule has 94 valence electrons. The molecule has 1 aromatic heterocycles. The maximum atomic E-state index is 9.17. The van der Waals surface area contributed by atoms with Crippen LogP contribution in [0.15, 0.2) is 48.8 Å². The number of hydrogen-bond acceptors (Lipinski definition) is 4. The summed E-state index contributed by atoms with van der Waals surface area (Å²) in [5.41, 5.74) is 6.81. The normalized spacial score (nSPS) is 12.1. The minimum Gasteiger partial charge on any atom is -0.508 e. The number of benzene rings is 1. The highest BCUT2D eigenvalue weighted by molar-refractivity contribution is 5.30. The van der Waals surface area contributed by atoms with E-state index in [1.807, 2.05) is 12.1 Å². The Morgan fingerprint density at radius 3 is 2.61 bits per heavy atom. The number of rotatable bonds is 5. The quantitative estimate of drug-likeness (QED) is 0.843. The van der Waals surface area contributed by atoms with E-state index in [4.69, 9.17) is 10.5 Å². The van der Waals surface area contributed by atoms with Gasteiger partial charge in [-0.3, -0.25) is 4.98 Å². The molecule has 0 spiro atoms. The van der Waals surface area contributed by atoms with Crippen molar-refractivity contribution in [2.75, 3.05) is 13.2 Å². The van der Waals surface area contributed by atoms with Crippen LogP contribution in [0.2, 0.25) is 0 Å². The Kier molecular flexibility index (Phi) is 4.15. The van der Waals surface area contributed by atoms with E-state index in [9.17, 15) is 5.11 Å². The van der Waals surface area contributed by atoms with Crippen molar-refractivity contribution < 1.29 is 9.84 Å². The highest BCUT2D eigenvalue weighted by atomic mass is 16.5. The fraction of sp³-hybridized carbons (Fsp3) is 0.214. The van der Waals surface area contributed by atoms with E-state index in [0.717, 1.165) is 11.3 Å². The van der Waals surface area contributed by atoms with E-state index in [2.05, 4.69) is 4.98 Å². The van der Waals surface area contributed by atoms with Crippen molar-refractivity contribution in [3.8, 4) is 11.5 Å². The Balaban J connectivity index is 1.97. The summed E-state index contributed by atoms with van der Waals surface area (Å²) >= 11 is 0. The number of nitrogens with two attached hydrogens (primary N) is 1. The van der Waals surface area contributed by atoms with Gasteiger partial charge in [-0.1, -0.05) is 6.07 Å². The third-order valence-electron chi connectivity index (χ3n) is 2.73. The SMILES string of the molecule is NCC(COc1ccc(O)cc1)c1cccnc1. The summed E-state index contributed by atoms with van der Waals surface area (Å²) in [6, 6.07) is 10.5. The summed E-state index contributed by atoms with van der Waals surface area (Å²) in [7, 11) is 0. The van der Waals surface area contributed by atoms with Gasteiger partial charge in [-0.2, -0.15) is 0 Å².